The van der Waals surface area contributed by atoms with Crippen molar-refractivity contribution in [1.29, 1.82) is 0 Å². The van der Waals surface area contributed by atoms with Crippen molar-refractivity contribution in [3.05, 3.63) is 279 Å². The molecule has 0 radical (unpaired) electrons. The molecule has 0 saturated carbocycles. The van der Waals surface area contributed by atoms with E-state index in [1.165, 1.54) is 60.5 Å². The Morgan fingerprint density at radius 1 is 0.274 bits per heavy atom. The average Bonchev–Trinajstić information content (AvgIpc) is 4.03. The molecule has 14 rings (SSSR count). The van der Waals surface area contributed by atoms with Gasteiger partial charge >= 0.3 is 0 Å². The maximum Gasteiger partial charge on any atom is 0.137 e. The highest BCUT2D eigenvalue weighted by molar-refractivity contribution is 6.18. The van der Waals surface area contributed by atoms with E-state index in [0.717, 1.165) is 72.4 Å². The third-order valence-corrected chi connectivity index (χ3v) is 14.6. The van der Waals surface area contributed by atoms with Gasteiger partial charge < -0.3 is 13.9 Å². The lowest BCUT2D eigenvalue weighted by atomic mass is 9.95. The Morgan fingerprint density at radius 2 is 0.781 bits per heavy atom. The summed E-state index contributed by atoms with van der Waals surface area (Å²) in [5.41, 5.74) is 20.3. The van der Waals surface area contributed by atoms with Crippen LogP contribution in [-0.4, -0.2) is 4.57 Å². The Hall–Kier alpha value is -9.70. The van der Waals surface area contributed by atoms with E-state index >= 15 is 0 Å². The number of hydrogen-bond acceptors (Lipinski definition) is 2. The molecule has 0 amide bonds. The summed E-state index contributed by atoms with van der Waals surface area (Å²) in [6, 6.07) is 101. The quantitative estimate of drug-likeness (QED) is 0.144. The van der Waals surface area contributed by atoms with Crippen molar-refractivity contribution in [3.63, 3.8) is 0 Å². The van der Waals surface area contributed by atoms with Gasteiger partial charge in [0, 0.05) is 33.2 Å². The van der Waals surface area contributed by atoms with E-state index in [0.29, 0.717) is 0 Å². The van der Waals surface area contributed by atoms with Crippen LogP contribution in [0.3, 0.4) is 0 Å². The van der Waals surface area contributed by atoms with Gasteiger partial charge in [-0.15, -0.1) is 0 Å². The number of anilines is 3. The molecule has 0 aliphatic carbocycles. The van der Waals surface area contributed by atoms with Crippen molar-refractivity contribution in [3.8, 4) is 61.3 Å². The number of nitrogens with zero attached hydrogens (tertiary/aromatic N) is 2. The van der Waals surface area contributed by atoms with Crippen molar-refractivity contribution >= 4 is 71.6 Å². The summed E-state index contributed by atoms with van der Waals surface area (Å²) in [4.78, 5) is 2.37. The lowest BCUT2D eigenvalue weighted by molar-refractivity contribution is 0.669. The molecule has 3 heteroatoms. The Bertz CT molecular complexity index is 4350. The third kappa shape index (κ3) is 7.37. The zero-order valence-electron chi connectivity index (χ0n) is 39.9. The van der Waals surface area contributed by atoms with E-state index in [9.17, 15) is 0 Å². The molecule has 0 saturated heterocycles. The number of fused-ring (bicyclic) bond motifs is 7. The van der Waals surface area contributed by atoms with Crippen LogP contribution in [0.2, 0.25) is 0 Å². The molecule has 14 aromatic rings. The van der Waals surface area contributed by atoms with Gasteiger partial charge in [0.1, 0.15) is 11.2 Å². The maximum atomic E-state index is 6.39. The van der Waals surface area contributed by atoms with E-state index in [2.05, 4.69) is 282 Å². The second kappa shape index (κ2) is 17.6. The predicted molar refractivity (Wildman–Crippen MR) is 307 cm³/mol. The lowest BCUT2D eigenvalue weighted by Crippen LogP contribution is -2.10. The van der Waals surface area contributed by atoms with Crippen LogP contribution in [0.25, 0.3) is 116 Å². The van der Waals surface area contributed by atoms with Gasteiger partial charge in [-0.05, 0) is 139 Å². The number of hydrogen-bond donors (Lipinski definition) is 0. The smallest absolute Gasteiger partial charge is 0.137 e. The number of rotatable bonds is 9. The summed E-state index contributed by atoms with van der Waals surface area (Å²) in [6.45, 7) is 0. The van der Waals surface area contributed by atoms with Crippen molar-refractivity contribution in [1.82, 2.24) is 4.57 Å². The summed E-state index contributed by atoms with van der Waals surface area (Å²) in [7, 11) is 0. The molecule has 0 N–H and O–H groups in total. The van der Waals surface area contributed by atoms with E-state index in [4.69, 9.17) is 4.42 Å². The number of furan rings is 1. The molecule has 0 bridgehead atoms. The molecule has 0 fully saturated rings. The van der Waals surface area contributed by atoms with Gasteiger partial charge in [-0.1, -0.05) is 206 Å². The van der Waals surface area contributed by atoms with Crippen LogP contribution in [0.15, 0.2) is 283 Å². The highest BCUT2D eigenvalue weighted by atomic mass is 16.3. The second-order valence-corrected chi connectivity index (χ2v) is 18.8. The van der Waals surface area contributed by atoms with E-state index in [1.54, 1.807) is 0 Å². The van der Waals surface area contributed by atoms with Crippen molar-refractivity contribution in [2.45, 2.75) is 0 Å². The standard InChI is InChI=1S/C70H46N2O/c1-2-15-47(16-3-1)49-37-41-56(42-38-49)71(57-43-39-50(40-44-57)48-33-35-52(36-34-48)60-26-12-18-51-17-4-5-23-59(51)60)58-22-11-20-54(46-58)53-19-10-21-55(45-53)61-27-13-29-65-69(61)62-24-6-8-28-64(62)72(65)66-30-14-32-68-70(66)63-25-7-9-31-67(63)73-68/h1-46H. The Morgan fingerprint density at radius 3 is 1.56 bits per heavy atom. The first-order chi connectivity index (χ1) is 36.2. The SMILES string of the molecule is c1ccc(-c2ccc(N(c3ccc(-c4ccc(-c5cccc6ccccc56)cc4)cc3)c3cccc(-c4cccc(-c5cccc6c5c5ccccc5n6-c5cccc6oc7ccccc7c56)c4)c3)cc2)cc1. The highest BCUT2D eigenvalue weighted by Crippen LogP contribution is 2.44. The molecule has 0 aliphatic rings. The second-order valence-electron chi connectivity index (χ2n) is 18.8. The van der Waals surface area contributed by atoms with Crippen LogP contribution >= 0.6 is 0 Å². The lowest BCUT2D eigenvalue weighted by Gasteiger charge is -2.26. The van der Waals surface area contributed by atoms with Gasteiger partial charge in [0.25, 0.3) is 0 Å². The summed E-state index contributed by atoms with van der Waals surface area (Å²) < 4.78 is 8.81. The molecular weight excluding hydrogens is 885 g/mol. The first-order valence-electron chi connectivity index (χ1n) is 25.0. The summed E-state index contributed by atoms with van der Waals surface area (Å²) in [6.07, 6.45) is 0. The van der Waals surface area contributed by atoms with Gasteiger partial charge in [0.2, 0.25) is 0 Å². The zero-order chi connectivity index (χ0) is 48.2. The van der Waals surface area contributed by atoms with Crippen LogP contribution in [0.4, 0.5) is 17.1 Å². The number of para-hydroxylation sites is 2. The van der Waals surface area contributed by atoms with Crippen LogP contribution in [0, 0.1) is 0 Å². The van der Waals surface area contributed by atoms with Crippen molar-refractivity contribution < 1.29 is 4.42 Å². The monoisotopic (exact) mass is 930 g/mol. The molecule has 0 unspecified atom stereocenters. The molecule has 73 heavy (non-hydrogen) atoms. The molecule has 0 atom stereocenters. The first-order valence-corrected chi connectivity index (χ1v) is 25.0. The fourth-order valence-electron chi connectivity index (χ4n) is 11.2. The number of benzene rings is 12. The van der Waals surface area contributed by atoms with Crippen molar-refractivity contribution in [2.24, 2.45) is 0 Å². The van der Waals surface area contributed by atoms with E-state index < -0.39 is 0 Å². The third-order valence-electron chi connectivity index (χ3n) is 14.6. The van der Waals surface area contributed by atoms with Crippen LogP contribution < -0.4 is 4.90 Å². The van der Waals surface area contributed by atoms with E-state index in [1.807, 2.05) is 6.07 Å². The predicted octanol–water partition coefficient (Wildman–Crippen LogP) is 19.6. The Balaban J connectivity index is 0.841. The summed E-state index contributed by atoms with van der Waals surface area (Å²) >= 11 is 0. The maximum absolute atomic E-state index is 6.39. The average molecular weight is 931 g/mol. The summed E-state index contributed by atoms with van der Waals surface area (Å²) in [5, 5.41) is 7.19. The van der Waals surface area contributed by atoms with Gasteiger partial charge in [-0.2, -0.15) is 0 Å². The molecule has 3 nitrogen and oxygen atoms in total. The topological polar surface area (TPSA) is 21.3 Å². The highest BCUT2D eigenvalue weighted by Gasteiger charge is 2.21. The van der Waals surface area contributed by atoms with Crippen molar-refractivity contribution in [2.75, 3.05) is 4.90 Å². The van der Waals surface area contributed by atoms with Gasteiger partial charge in [-0.3, -0.25) is 0 Å². The molecule has 0 spiro atoms. The minimum absolute atomic E-state index is 0.884. The van der Waals surface area contributed by atoms with Crippen LogP contribution in [-0.2, 0) is 0 Å². The van der Waals surface area contributed by atoms with Gasteiger partial charge in [-0.25, -0.2) is 0 Å². The fourth-order valence-corrected chi connectivity index (χ4v) is 11.2. The Labute approximate surface area is 423 Å². The van der Waals surface area contributed by atoms with E-state index in [-0.39, 0.29) is 0 Å². The molecule has 0 aliphatic heterocycles. The first kappa shape index (κ1) is 42.2. The van der Waals surface area contributed by atoms with Gasteiger partial charge in [0.15, 0.2) is 0 Å². The Kier molecular flexibility index (Phi) is 10.2. The fraction of sp³-hybridized carbons (Fsp3) is 0. The van der Waals surface area contributed by atoms with Crippen LogP contribution in [0.5, 0.6) is 0 Å². The zero-order valence-corrected chi connectivity index (χ0v) is 39.9. The minimum Gasteiger partial charge on any atom is -0.456 e. The molecule has 2 heterocycles. The molecule has 2 aromatic heterocycles. The van der Waals surface area contributed by atoms with Crippen LogP contribution in [0.1, 0.15) is 0 Å². The molecular formula is C70H46N2O. The molecule has 12 aromatic carbocycles. The minimum atomic E-state index is 0.884. The molecule has 342 valence electrons. The van der Waals surface area contributed by atoms with Gasteiger partial charge in [0.05, 0.1) is 22.1 Å². The number of aromatic nitrogens is 1. The summed E-state index contributed by atoms with van der Waals surface area (Å²) in [5.74, 6) is 0. The normalized spacial score (nSPS) is 11.6. The largest absolute Gasteiger partial charge is 0.456 e.